The first-order valence-electron chi connectivity index (χ1n) is 10.6. The van der Waals surface area contributed by atoms with Gasteiger partial charge >= 0.3 is 0 Å². The predicted octanol–water partition coefficient (Wildman–Crippen LogP) is 7.31. The summed E-state index contributed by atoms with van der Waals surface area (Å²) in [6, 6.07) is 20.6. The SMILES string of the molecule is Cl.O=C(CN1C=CN(C(Cl)C(OCc2ccccc2)c2ccc(Cl)c(Cl)c2)C1)c1ccc(F)cc1. The summed E-state index contributed by atoms with van der Waals surface area (Å²) in [5.41, 5.74) is 1.68. The minimum absolute atomic E-state index is 0. The maximum Gasteiger partial charge on any atom is 0.182 e. The van der Waals surface area contributed by atoms with Crippen molar-refractivity contribution >= 4 is 53.0 Å². The summed E-state index contributed by atoms with van der Waals surface area (Å²) in [6.45, 7) is 0.900. The van der Waals surface area contributed by atoms with Crippen molar-refractivity contribution in [1.29, 1.82) is 0 Å². The highest BCUT2D eigenvalue weighted by Gasteiger charge is 2.30. The number of nitrogens with zero attached hydrogens (tertiary/aromatic N) is 2. The summed E-state index contributed by atoms with van der Waals surface area (Å²) < 4.78 is 19.4. The van der Waals surface area contributed by atoms with Crippen LogP contribution >= 0.6 is 47.2 Å². The fraction of sp³-hybridized carbons (Fsp3) is 0.192. The van der Waals surface area contributed by atoms with Crippen LogP contribution < -0.4 is 0 Å². The molecule has 4 nitrogen and oxygen atoms in total. The standard InChI is InChI=1S/C26H22Cl3FN2O2.ClH/c27-22-11-8-20(14-23(22)28)25(34-16-18-4-2-1-3-5-18)26(29)32-13-12-31(17-32)15-24(33)19-6-9-21(30)10-7-19;/h1-14,25-26H,15-17H2;1H. The van der Waals surface area contributed by atoms with Crippen LogP contribution in [-0.4, -0.2) is 34.3 Å². The third-order valence-electron chi connectivity index (χ3n) is 5.44. The van der Waals surface area contributed by atoms with Crippen LogP contribution in [-0.2, 0) is 11.3 Å². The van der Waals surface area contributed by atoms with E-state index >= 15 is 0 Å². The predicted molar refractivity (Wildman–Crippen MR) is 141 cm³/mol. The first kappa shape index (κ1) is 27.3. The second kappa shape index (κ2) is 12.6. The zero-order valence-corrected chi connectivity index (χ0v) is 21.6. The van der Waals surface area contributed by atoms with E-state index in [0.29, 0.717) is 28.9 Å². The molecule has 0 fully saturated rings. The zero-order chi connectivity index (χ0) is 24.1. The zero-order valence-electron chi connectivity index (χ0n) is 18.5. The number of ketones is 1. The molecular formula is C26H23Cl4FN2O2. The van der Waals surface area contributed by atoms with E-state index in [-0.39, 0.29) is 30.6 Å². The van der Waals surface area contributed by atoms with E-state index in [4.69, 9.17) is 39.5 Å². The lowest BCUT2D eigenvalue weighted by Crippen LogP contribution is -2.37. The molecule has 0 radical (unpaired) electrons. The average molecular weight is 556 g/mol. The van der Waals surface area contributed by atoms with Gasteiger partial charge in [0.2, 0.25) is 0 Å². The normalized spacial score (nSPS) is 14.5. The molecule has 0 saturated carbocycles. The number of hydrogen-bond donors (Lipinski definition) is 0. The lowest BCUT2D eigenvalue weighted by Gasteiger charge is -2.31. The van der Waals surface area contributed by atoms with Gasteiger partial charge in [0.05, 0.1) is 29.9 Å². The lowest BCUT2D eigenvalue weighted by atomic mass is 10.1. The number of rotatable bonds is 9. The van der Waals surface area contributed by atoms with Crippen LogP contribution in [0.2, 0.25) is 10.0 Å². The van der Waals surface area contributed by atoms with Crippen molar-refractivity contribution in [3.05, 3.63) is 118 Å². The Bertz CT molecular complexity index is 1160. The highest BCUT2D eigenvalue weighted by molar-refractivity contribution is 6.42. The quantitative estimate of drug-likeness (QED) is 0.157. The van der Waals surface area contributed by atoms with E-state index < -0.39 is 11.6 Å². The summed E-state index contributed by atoms with van der Waals surface area (Å²) >= 11 is 19.3. The summed E-state index contributed by atoms with van der Waals surface area (Å²) in [6.07, 6.45) is 3.11. The Kier molecular flexibility index (Phi) is 9.84. The molecule has 0 aliphatic carbocycles. The molecule has 3 aromatic carbocycles. The number of ether oxygens (including phenoxy) is 1. The molecule has 0 N–H and O–H groups in total. The largest absolute Gasteiger partial charge is 0.365 e. The first-order chi connectivity index (χ1) is 16.4. The Balaban J connectivity index is 0.00000342. The van der Waals surface area contributed by atoms with Gasteiger partial charge in [0, 0.05) is 18.0 Å². The molecule has 1 aliphatic rings. The molecule has 1 aliphatic heterocycles. The molecular weight excluding hydrogens is 533 g/mol. The maximum absolute atomic E-state index is 13.1. The molecule has 2 atom stereocenters. The van der Waals surface area contributed by atoms with Gasteiger partial charge in [0.25, 0.3) is 0 Å². The number of carbonyl (C=O) groups is 1. The van der Waals surface area contributed by atoms with Crippen molar-refractivity contribution in [3.63, 3.8) is 0 Å². The van der Waals surface area contributed by atoms with Crippen LogP contribution in [0, 0.1) is 5.82 Å². The smallest absolute Gasteiger partial charge is 0.182 e. The molecule has 184 valence electrons. The van der Waals surface area contributed by atoms with Crippen molar-refractivity contribution in [2.45, 2.75) is 18.2 Å². The van der Waals surface area contributed by atoms with E-state index in [9.17, 15) is 9.18 Å². The number of Topliss-reactive ketones (excluding diaryl/α,β-unsaturated/α-hetero) is 1. The van der Waals surface area contributed by atoms with Crippen molar-refractivity contribution in [2.24, 2.45) is 0 Å². The van der Waals surface area contributed by atoms with Gasteiger partial charge in [-0.2, -0.15) is 0 Å². The fourth-order valence-electron chi connectivity index (χ4n) is 3.62. The second-order valence-corrected chi connectivity index (χ2v) is 9.16. The van der Waals surface area contributed by atoms with Gasteiger partial charge in [0.1, 0.15) is 17.4 Å². The number of alkyl halides is 1. The van der Waals surface area contributed by atoms with E-state index in [0.717, 1.165) is 11.1 Å². The number of benzene rings is 3. The highest BCUT2D eigenvalue weighted by Crippen LogP contribution is 2.34. The molecule has 35 heavy (non-hydrogen) atoms. The summed E-state index contributed by atoms with van der Waals surface area (Å²) in [7, 11) is 0. The van der Waals surface area contributed by atoms with Crippen molar-refractivity contribution < 1.29 is 13.9 Å². The minimum Gasteiger partial charge on any atom is -0.365 e. The Morgan fingerprint density at radius 2 is 1.69 bits per heavy atom. The molecule has 0 bridgehead atoms. The van der Waals surface area contributed by atoms with Crippen molar-refractivity contribution in [1.82, 2.24) is 9.80 Å². The van der Waals surface area contributed by atoms with Crippen LogP contribution in [0.25, 0.3) is 0 Å². The number of carbonyl (C=O) groups excluding carboxylic acids is 1. The van der Waals surface area contributed by atoms with Gasteiger partial charge in [-0.15, -0.1) is 12.4 Å². The number of hydrogen-bond acceptors (Lipinski definition) is 4. The molecule has 4 rings (SSSR count). The summed E-state index contributed by atoms with van der Waals surface area (Å²) in [5, 5.41) is 0.865. The summed E-state index contributed by atoms with van der Waals surface area (Å²) in [5.74, 6) is -0.489. The van der Waals surface area contributed by atoms with Crippen LogP contribution in [0.4, 0.5) is 4.39 Å². The monoisotopic (exact) mass is 554 g/mol. The van der Waals surface area contributed by atoms with Gasteiger partial charge < -0.3 is 14.5 Å². The molecule has 9 heteroatoms. The van der Waals surface area contributed by atoms with Crippen LogP contribution in [0.1, 0.15) is 27.6 Å². The molecule has 0 spiro atoms. The Labute approximate surface area is 225 Å². The number of halogens is 5. The fourth-order valence-corrected chi connectivity index (χ4v) is 4.27. The Morgan fingerprint density at radius 3 is 2.37 bits per heavy atom. The third-order valence-corrected chi connectivity index (χ3v) is 6.66. The van der Waals surface area contributed by atoms with Crippen LogP contribution in [0.5, 0.6) is 0 Å². The topological polar surface area (TPSA) is 32.8 Å². The average Bonchev–Trinajstić information content (AvgIpc) is 3.31. The van der Waals surface area contributed by atoms with Crippen molar-refractivity contribution in [2.75, 3.05) is 13.2 Å². The lowest BCUT2D eigenvalue weighted by molar-refractivity contribution is 0.00696. The van der Waals surface area contributed by atoms with Gasteiger partial charge in [-0.3, -0.25) is 4.79 Å². The third kappa shape index (κ3) is 7.12. The Hall–Kier alpha value is -2.28. The van der Waals surface area contributed by atoms with Crippen LogP contribution in [0.15, 0.2) is 85.2 Å². The minimum atomic E-state index is -0.580. The van der Waals surface area contributed by atoms with Crippen molar-refractivity contribution in [3.8, 4) is 0 Å². The van der Waals surface area contributed by atoms with Crippen LogP contribution in [0.3, 0.4) is 0 Å². The van der Waals surface area contributed by atoms with Gasteiger partial charge in [-0.05, 0) is 47.5 Å². The molecule has 1 heterocycles. The second-order valence-electron chi connectivity index (χ2n) is 7.89. The molecule has 3 aromatic rings. The Morgan fingerprint density at radius 1 is 0.971 bits per heavy atom. The van der Waals surface area contributed by atoms with E-state index in [1.807, 2.05) is 52.4 Å². The molecule has 0 amide bonds. The molecule has 0 aromatic heterocycles. The maximum atomic E-state index is 13.1. The first-order valence-corrected chi connectivity index (χ1v) is 11.8. The van der Waals surface area contributed by atoms with Gasteiger partial charge in [0.15, 0.2) is 5.78 Å². The van der Waals surface area contributed by atoms with E-state index in [1.165, 1.54) is 24.3 Å². The van der Waals surface area contributed by atoms with Gasteiger partial charge in [-0.25, -0.2) is 4.39 Å². The van der Waals surface area contributed by atoms with E-state index in [1.54, 1.807) is 18.3 Å². The molecule has 0 saturated heterocycles. The molecule has 2 unspecified atom stereocenters. The van der Waals surface area contributed by atoms with Gasteiger partial charge in [-0.1, -0.05) is 71.2 Å². The summed E-state index contributed by atoms with van der Waals surface area (Å²) in [4.78, 5) is 16.3. The highest BCUT2D eigenvalue weighted by atomic mass is 35.5. The van der Waals surface area contributed by atoms with E-state index in [2.05, 4.69) is 0 Å².